The summed E-state index contributed by atoms with van der Waals surface area (Å²) in [5, 5.41) is 14.1. The topological polar surface area (TPSA) is 116 Å². The van der Waals surface area contributed by atoms with Gasteiger partial charge in [-0.15, -0.1) is 0 Å². The van der Waals surface area contributed by atoms with Crippen molar-refractivity contribution in [1.82, 2.24) is 4.98 Å². The third kappa shape index (κ3) is 2.92. The van der Waals surface area contributed by atoms with Crippen LogP contribution in [-0.2, 0) is 10.0 Å². The number of nitrogens with zero attached hydrogens (tertiary/aromatic N) is 2. The van der Waals surface area contributed by atoms with Crippen LogP contribution in [0.2, 0.25) is 0 Å². The van der Waals surface area contributed by atoms with E-state index in [1.54, 1.807) is 0 Å². The molecular weight excluding hydrogens is 328 g/mol. The fourth-order valence-corrected chi connectivity index (χ4v) is 2.36. The summed E-state index contributed by atoms with van der Waals surface area (Å²) >= 11 is 2.62. The van der Waals surface area contributed by atoms with Crippen molar-refractivity contribution in [3.05, 3.63) is 26.3 Å². The molecule has 0 aromatic carbocycles. The molecule has 0 radical (unpaired) electrons. The number of aromatic nitrogens is 1. The summed E-state index contributed by atoms with van der Waals surface area (Å²) in [7, 11) is -4.57. The monoisotopic (exact) mass is 331 g/mol. The molecule has 0 fully saturated rings. The molecule has 0 aliphatic rings. The van der Waals surface area contributed by atoms with Gasteiger partial charge in [-0.1, -0.05) is 0 Å². The number of hydrogen-bond donors (Lipinski definition) is 1. The number of rotatable bonds is 3. The minimum atomic E-state index is -4.57. The van der Waals surface area contributed by atoms with Crippen molar-refractivity contribution < 1.29 is 22.1 Å². The zero-order valence-corrected chi connectivity index (χ0v) is 10.2. The fourth-order valence-electron chi connectivity index (χ4n) is 0.978. The largest absolute Gasteiger partial charge is 0.322 e. The van der Waals surface area contributed by atoms with Crippen molar-refractivity contribution in [2.75, 3.05) is 0 Å². The van der Waals surface area contributed by atoms with Crippen molar-refractivity contribution in [3.63, 3.8) is 0 Å². The Morgan fingerprint density at radius 1 is 1.53 bits per heavy atom. The number of nitrogens with two attached hydrogens (primary N) is 1. The molecular formula is C6H4BrF2N3O4S. The summed E-state index contributed by atoms with van der Waals surface area (Å²) in [5.74, 6) is 0. The van der Waals surface area contributed by atoms with E-state index in [-0.39, 0.29) is 0 Å². The molecule has 2 N–H and O–H groups in total. The van der Waals surface area contributed by atoms with E-state index in [1.165, 1.54) is 0 Å². The molecule has 0 aliphatic heterocycles. The molecule has 94 valence electrons. The standard InChI is InChI=1S/C6H4BrF2N3O4S/c7-2-1-3(5(8)9)11-6(17(10,15)16)4(2)12(13)14/h1,5H,(H2,10,15,16). The van der Waals surface area contributed by atoms with Crippen LogP contribution in [0.3, 0.4) is 0 Å². The highest BCUT2D eigenvalue weighted by molar-refractivity contribution is 9.10. The molecule has 0 amide bonds. The van der Waals surface area contributed by atoms with Crippen molar-refractivity contribution >= 4 is 31.6 Å². The van der Waals surface area contributed by atoms with Crippen LogP contribution in [0.5, 0.6) is 0 Å². The van der Waals surface area contributed by atoms with Gasteiger partial charge < -0.3 is 0 Å². The van der Waals surface area contributed by atoms with Gasteiger partial charge in [0.2, 0.25) is 5.03 Å². The number of pyridine rings is 1. The summed E-state index contributed by atoms with van der Waals surface area (Å²) in [5.41, 5.74) is -1.90. The van der Waals surface area contributed by atoms with Gasteiger partial charge in [-0.25, -0.2) is 27.3 Å². The second kappa shape index (κ2) is 4.58. The average Bonchev–Trinajstić information content (AvgIpc) is 2.14. The number of primary sulfonamides is 1. The van der Waals surface area contributed by atoms with E-state index in [0.29, 0.717) is 6.07 Å². The van der Waals surface area contributed by atoms with Crippen LogP contribution < -0.4 is 5.14 Å². The number of sulfonamides is 1. The van der Waals surface area contributed by atoms with E-state index in [0.717, 1.165) is 0 Å². The number of nitro groups is 1. The van der Waals surface area contributed by atoms with Gasteiger partial charge in [-0.05, 0) is 22.0 Å². The molecule has 1 rings (SSSR count). The lowest BCUT2D eigenvalue weighted by Crippen LogP contribution is -2.17. The van der Waals surface area contributed by atoms with E-state index in [9.17, 15) is 27.3 Å². The molecule has 0 unspecified atom stereocenters. The number of alkyl halides is 2. The van der Waals surface area contributed by atoms with Gasteiger partial charge in [0.25, 0.3) is 16.4 Å². The third-order valence-electron chi connectivity index (χ3n) is 1.61. The second-order valence-electron chi connectivity index (χ2n) is 2.79. The summed E-state index contributed by atoms with van der Waals surface area (Å²) in [6.07, 6.45) is -3.08. The SMILES string of the molecule is NS(=O)(=O)c1nc(C(F)F)cc(Br)c1[N+](=O)[O-]. The Morgan fingerprint density at radius 2 is 2.06 bits per heavy atom. The minimum Gasteiger partial charge on any atom is -0.258 e. The maximum atomic E-state index is 12.4. The fraction of sp³-hybridized carbons (Fsp3) is 0.167. The van der Waals surface area contributed by atoms with Crippen LogP contribution in [0, 0.1) is 10.1 Å². The molecule has 0 spiro atoms. The van der Waals surface area contributed by atoms with Crippen LogP contribution >= 0.6 is 15.9 Å². The van der Waals surface area contributed by atoms with Crippen LogP contribution in [0.25, 0.3) is 0 Å². The average molecular weight is 332 g/mol. The van der Waals surface area contributed by atoms with Crippen molar-refractivity contribution in [3.8, 4) is 0 Å². The van der Waals surface area contributed by atoms with Crippen LogP contribution in [0.1, 0.15) is 12.1 Å². The Labute approximate surface area is 102 Å². The quantitative estimate of drug-likeness (QED) is 0.662. The van der Waals surface area contributed by atoms with Crippen molar-refractivity contribution in [2.24, 2.45) is 5.14 Å². The molecule has 7 nitrogen and oxygen atoms in total. The Morgan fingerprint density at radius 3 is 2.41 bits per heavy atom. The molecule has 17 heavy (non-hydrogen) atoms. The van der Waals surface area contributed by atoms with Gasteiger partial charge in [-0.3, -0.25) is 10.1 Å². The molecule has 0 saturated carbocycles. The van der Waals surface area contributed by atoms with Gasteiger partial charge in [0.15, 0.2) is 0 Å². The van der Waals surface area contributed by atoms with E-state index in [1.807, 2.05) is 0 Å². The lowest BCUT2D eigenvalue weighted by molar-refractivity contribution is -0.389. The third-order valence-corrected chi connectivity index (χ3v) is 3.04. The minimum absolute atomic E-state index is 0.433. The van der Waals surface area contributed by atoms with E-state index >= 15 is 0 Å². The first-order chi connectivity index (χ1) is 7.64. The first-order valence-corrected chi connectivity index (χ1v) is 6.14. The van der Waals surface area contributed by atoms with Gasteiger partial charge in [-0.2, -0.15) is 0 Å². The molecule has 1 aromatic rings. The lowest BCUT2D eigenvalue weighted by atomic mass is 10.3. The van der Waals surface area contributed by atoms with E-state index in [2.05, 4.69) is 26.1 Å². The van der Waals surface area contributed by atoms with Crippen LogP contribution in [0.4, 0.5) is 14.5 Å². The first-order valence-electron chi connectivity index (χ1n) is 3.80. The van der Waals surface area contributed by atoms with Gasteiger partial charge in [0.05, 0.1) is 4.92 Å². The predicted octanol–water partition coefficient (Wildman–Crippen LogP) is 1.34. The molecule has 0 bridgehead atoms. The maximum Gasteiger partial charge on any atom is 0.322 e. The highest BCUT2D eigenvalue weighted by Gasteiger charge is 2.30. The number of halogens is 3. The Bertz CT molecular complexity index is 577. The van der Waals surface area contributed by atoms with E-state index < -0.39 is 42.3 Å². The molecule has 11 heteroatoms. The molecule has 0 saturated heterocycles. The zero-order valence-electron chi connectivity index (χ0n) is 7.80. The molecule has 0 atom stereocenters. The molecule has 1 aromatic heterocycles. The van der Waals surface area contributed by atoms with Crippen molar-refractivity contribution in [2.45, 2.75) is 11.5 Å². The smallest absolute Gasteiger partial charge is 0.258 e. The highest BCUT2D eigenvalue weighted by Crippen LogP contribution is 2.33. The van der Waals surface area contributed by atoms with Gasteiger partial charge >= 0.3 is 5.69 Å². The van der Waals surface area contributed by atoms with Crippen LogP contribution in [-0.4, -0.2) is 18.3 Å². The first kappa shape index (κ1) is 13.9. The predicted molar refractivity (Wildman–Crippen MR) is 54.9 cm³/mol. The molecule has 1 heterocycles. The Hall–Kier alpha value is -1.20. The Balaban J connectivity index is 3.69. The normalized spacial score (nSPS) is 11.8. The summed E-state index contributed by atoms with van der Waals surface area (Å²) in [4.78, 5) is 12.5. The van der Waals surface area contributed by atoms with Gasteiger partial charge in [0.1, 0.15) is 10.2 Å². The summed E-state index contributed by atoms with van der Waals surface area (Å²) < 4.78 is 46.3. The lowest BCUT2D eigenvalue weighted by Gasteiger charge is -2.05. The summed E-state index contributed by atoms with van der Waals surface area (Å²) in [6, 6.07) is 0.664. The zero-order chi connectivity index (χ0) is 13.4. The summed E-state index contributed by atoms with van der Waals surface area (Å²) in [6.45, 7) is 0. The second-order valence-corrected chi connectivity index (χ2v) is 5.12. The molecule has 0 aliphatic carbocycles. The van der Waals surface area contributed by atoms with E-state index in [4.69, 9.17) is 0 Å². The van der Waals surface area contributed by atoms with Crippen molar-refractivity contribution in [1.29, 1.82) is 0 Å². The maximum absolute atomic E-state index is 12.4. The Kier molecular flexibility index (Phi) is 3.74. The highest BCUT2D eigenvalue weighted by atomic mass is 79.9. The van der Waals surface area contributed by atoms with Crippen LogP contribution in [0.15, 0.2) is 15.6 Å². The number of hydrogen-bond acceptors (Lipinski definition) is 5. The van der Waals surface area contributed by atoms with Gasteiger partial charge in [0, 0.05) is 0 Å².